The maximum atomic E-state index is 12.5. The molecule has 2 aromatic heterocycles. The fourth-order valence-corrected chi connectivity index (χ4v) is 5.82. The first-order valence-electron chi connectivity index (χ1n) is 9.68. The molecule has 1 aliphatic heterocycles. The van der Waals surface area contributed by atoms with E-state index in [1.54, 1.807) is 11.3 Å². The number of fused-ring (bicyclic) bond motifs is 3. The Hall–Kier alpha value is -1.42. The molecule has 3 N–H and O–H groups in total. The molecule has 0 spiro atoms. The second-order valence-electron chi connectivity index (χ2n) is 7.54. The summed E-state index contributed by atoms with van der Waals surface area (Å²) in [5.41, 5.74) is 0.125. The van der Waals surface area contributed by atoms with E-state index in [2.05, 4.69) is 15.3 Å². The van der Waals surface area contributed by atoms with Gasteiger partial charge < -0.3 is 20.1 Å². The van der Waals surface area contributed by atoms with E-state index in [4.69, 9.17) is 4.74 Å². The van der Waals surface area contributed by atoms with Gasteiger partial charge in [-0.3, -0.25) is 9.59 Å². The van der Waals surface area contributed by atoms with Gasteiger partial charge in [0.15, 0.2) is 0 Å². The molecular formula is C19H25N3O4S2. The van der Waals surface area contributed by atoms with Gasteiger partial charge in [-0.2, -0.15) is 0 Å². The molecule has 0 saturated carbocycles. The van der Waals surface area contributed by atoms with Gasteiger partial charge in [-0.1, -0.05) is 0 Å². The number of nitrogens with zero attached hydrogens (tertiary/aromatic N) is 1. The molecule has 0 radical (unpaired) electrons. The van der Waals surface area contributed by atoms with Crippen molar-refractivity contribution in [3.05, 3.63) is 26.6 Å². The van der Waals surface area contributed by atoms with E-state index in [0.717, 1.165) is 29.5 Å². The Kier molecular flexibility index (Phi) is 5.78. The molecule has 1 amide bonds. The number of H-pyrrole nitrogens is 1. The number of carbonyl (C=O) groups is 1. The van der Waals surface area contributed by atoms with Crippen LogP contribution >= 0.6 is 23.1 Å². The molecular weight excluding hydrogens is 398 g/mol. The third-order valence-corrected chi connectivity index (χ3v) is 7.73. The van der Waals surface area contributed by atoms with E-state index in [-0.39, 0.29) is 29.9 Å². The maximum Gasteiger partial charge on any atom is 0.259 e. The second-order valence-corrected chi connectivity index (χ2v) is 9.61. The second kappa shape index (κ2) is 8.14. The van der Waals surface area contributed by atoms with Crippen LogP contribution in [0.15, 0.2) is 4.79 Å². The Morgan fingerprint density at radius 2 is 2.29 bits per heavy atom. The van der Waals surface area contributed by atoms with Gasteiger partial charge in [0.2, 0.25) is 5.91 Å². The molecule has 2 atom stereocenters. The lowest BCUT2D eigenvalue weighted by molar-refractivity contribution is -0.120. The number of hydrogen-bond donors (Lipinski definition) is 3. The summed E-state index contributed by atoms with van der Waals surface area (Å²) in [6, 6.07) is 0. The highest BCUT2D eigenvalue weighted by molar-refractivity contribution is 7.99. The van der Waals surface area contributed by atoms with Crippen molar-refractivity contribution in [1.29, 1.82) is 0 Å². The summed E-state index contributed by atoms with van der Waals surface area (Å²) in [7, 11) is 0. The molecule has 0 bridgehead atoms. The van der Waals surface area contributed by atoms with Crippen LogP contribution in [0.5, 0.6) is 0 Å². The first-order valence-corrected chi connectivity index (χ1v) is 11.7. The van der Waals surface area contributed by atoms with Crippen LogP contribution in [0.25, 0.3) is 10.2 Å². The van der Waals surface area contributed by atoms with Crippen molar-refractivity contribution in [1.82, 2.24) is 15.3 Å². The molecule has 9 heteroatoms. The highest BCUT2D eigenvalue weighted by Gasteiger charge is 2.39. The zero-order valence-electron chi connectivity index (χ0n) is 15.9. The van der Waals surface area contributed by atoms with Gasteiger partial charge in [-0.25, -0.2) is 4.98 Å². The van der Waals surface area contributed by atoms with Gasteiger partial charge in [0.25, 0.3) is 5.56 Å². The van der Waals surface area contributed by atoms with Gasteiger partial charge in [0, 0.05) is 24.4 Å². The molecule has 0 aromatic carbocycles. The highest BCUT2D eigenvalue weighted by Crippen LogP contribution is 2.33. The topological polar surface area (TPSA) is 104 Å². The zero-order valence-corrected chi connectivity index (χ0v) is 17.5. The molecule has 152 valence electrons. The predicted molar refractivity (Wildman–Crippen MR) is 111 cm³/mol. The molecule has 1 fully saturated rings. The fourth-order valence-electron chi connectivity index (χ4n) is 3.82. The monoisotopic (exact) mass is 423 g/mol. The van der Waals surface area contributed by atoms with Crippen LogP contribution in [0, 0.1) is 0 Å². The number of ether oxygens (including phenoxy) is 1. The summed E-state index contributed by atoms with van der Waals surface area (Å²) in [6.45, 7) is 2.51. The molecule has 2 aliphatic rings. The quantitative estimate of drug-likeness (QED) is 0.654. The highest BCUT2D eigenvalue weighted by atomic mass is 32.2. The number of thioether (sulfide) groups is 1. The summed E-state index contributed by atoms with van der Waals surface area (Å²) < 4.78 is 5.37. The number of aryl methyl sites for hydroxylation is 2. The Bertz CT molecular complexity index is 941. The van der Waals surface area contributed by atoms with Gasteiger partial charge in [-0.15, -0.1) is 23.1 Å². The van der Waals surface area contributed by atoms with Gasteiger partial charge in [0.1, 0.15) is 16.3 Å². The number of hydrogen-bond acceptors (Lipinski definition) is 7. The average Bonchev–Trinajstić information content (AvgIpc) is 3.20. The molecule has 1 saturated heterocycles. The van der Waals surface area contributed by atoms with Crippen LogP contribution in [0.3, 0.4) is 0 Å². The number of nitrogens with one attached hydrogen (secondary N) is 2. The number of rotatable bonds is 6. The third kappa shape index (κ3) is 3.98. The largest absolute Gasteiger partial charge is 0.385 e. The fraction of sp³-hybridized carbons (Fsp3) is 0.632. The van der Waals surface area contributed by atoms with Crippen LogP contribution in [0.2, 0.25) is 0 Å². The van der Waals surface area contributed by atoms with E-state index in [9.17, 15) is 14.7 Å². The molecule has 3 heterocycles. The molecule has 1 aliphatic carbocycles. The van der Waals surface area contributed by atoms with Gasteiger partial charge in [-0.05, 0) is 38.2 Å². The SMILES string of the molecule is C[C@@H]1OCC[C@@]1(O)CNC(=O)CSCc1nc2sc3c(c2c(=O)[nH]1)CCCC3. The number of aliphatic hydroxyl groups is 1. The standard InChI is InChI=1S/C19H25N3O4S2/c1-11-19(25,6-7-26-11)10-20-15(23)9-27-8-14-21-17(24)16-12-4-2-3-5-13(12)28-18(16)22-14/h11,25H,2-10H2,1H3,(H,20,23)(H,21,22,24)/t11-,19+/m0/s1. The summed E-state index contributed by atoms with van der Waals surface area (Å²) in [5, 5.41) is 14.0. The lowest BCUT2D eigenvalue weighted by atomic mass is 9.97. The molecule has 4 rings (SSSR count). The Morgan fingerprint density at radius 3 is 3.07 bits per heavy atom. The van der Waals surface area contributed by atoms with Crippen molar-refractivity contribution in [2.75, 3.05) is 18.9 Å². The smallest absolute Gasteiger partial charge is 0.259 e. The first kappa shape index (κ1) is 19.9. The van der Waals surface area contributed by atoms with Crippen molar-refractivity contribution in [2.24, 2.45) is 0 Å². The summed E-state index contributed by atoms with van der Waals surface area (Å²) in [4.78, 5) is 34.2. The van der Waals surface area contributed by atoms with Crippen LogP contribution in [-0.4, -0.2) is 51.6 Å². The lowest BCUT2D eigenvalue weighted by Crippen LogP contribution is -2.47. The minimum absolute atomic E-state index is 0.0677. The van der Waals surface area contributed by atoms with Crippen LogP contribution in [-0.2, 0) is 28.1 Å². The minimum atomic E-state index is -0.990. The van der Waals surface area contributed by atoms with Gasteiger partial charge >= 0.3 is 0 Å². The zero-order chi connectivity index (χ0) is 19.7. The number of aromatic amines is 1. The van der Waals surface area contributed by atoms with Gasteiger partial charge in [0.05, 0.1) is 23.0 Å². The molecule has 2 aromatic rings. The number of thiophene rings is 1. The third-order valence-electron chi connectivity index (χ3n) is 5.60. The van der Waals surface area contributed by atoms with Crippen molar-refractivity contribution in [3.63, 3.8) is 0 Å². The Balaban J connectivity index is 1.33. The number of amides is 1. The number of carbonyl (C=O) groups excluding carboxylic acids is 1. The summed E-state index contributed by atoms with van der Waals surface area (Å²) >= 11 is 3.03. The molecule has 0 unspecified atom stereocenters. The molecule has 28 heavy (non-hydrogen) atoms. The van der Waals surface area contributed by atoms with E-state index in [1.807, 2.05) is 6.92 Å². The van der Waals surface area contributed by atoms with Crippen molar-refractivity contribution >= 4 is 39.2 Å². The first-order chi connectivity index (χ1) is 13.5. The lowest BCUT2D eigenvalue weighted by Gasteiger charge is -2.26. The van der Waals surface area contributed by atoms with Crippen molar-refractivity contribution < 1.29 is 14.6 Å². The van der Waals surface area contributed by atoms with Crippen molar-refractivity contribution in [3.8, 4) is 0 Å². The summed E-state index contributed by atoms with van der Waals surface area (Å²) in [5.74, 6) is 1.16. The normalized spacial score (nSPS) is 24.4. The van der Waals surface area contributed by atoms with Crippen LogP contribution < -0.4 is 10.9 Å². The van der Waals surface area contributed by atoms with Crippen LogP contribution in [0.1, 0.15) is 42.5 Å². The predicted octanol–water partition coefficient (Wildman–Crippen LogP) is 1.75. The van der Waals surface area contributed by atoms with Crippen LogP contribution in [0.4, 0.5) is 0 Å². The Labute approximate surface area is 171 Å². The van der Waals surface area contributed by atoms with Crippen molar-refractivity contribution in [2.45, 2.75) is 56.5 Å². The molecule has 7 nitrogen and oxygen atoms in total. The van der Waals surface area contributed by atoms with E-state index in [1.165, 1.54) is 28.6 Å². The average molecular weight is 424 g/mol. The number of aromatic nitrogens is 2. The maximum absolute atomic E-state index is 12.5. The Morgan fingerprint density at radius 1 is 1.46 bits per heavy atom. The minimum Gasteiger partial charge on any atom is -0.385 e. The summed E-state index contributed by atoms with van der Waals surface area (Å²) in [6.07, 6.45) is 4.55. The van der Waals surface area contributed by atoms with E-state index < -0.39 is 5.60 Å². The van der Waals surface area contributed by atoms with E-state index in [0.29, 0.717) is 24.6 Å². The van der Waals surface area contributed by atoms with E-state index >= 15 is 0 Å².